The highest BCUT2D eigenvalue weighted by Crippen LogP contribution is 2.13. The van der Waals surface area contributed by atoms with Crippen LogP contribution in [0, 0.1) is 0 Å². The highest BCUT2D eigenvalue weighted by atomic mass is 16.3. The molecule has 0 bridgehead atoms. The van der Waals surface area contributed by atoms with Crippen molar-refractivity contribution in [1.29, 1.82) is 0 Å². The Balaban J connectivity index is 2.03. The molecule has 3 nitrogen and oxygen atoms in total. The summed E-state index contributed by atoms with van der Waals surface area (Å²) in [5.74, 6) is 0.223. The number of rotatable bonds is 3. The molecule has 0 atom stereocenters. The Morgan fingerprint density at radius 3 is 2.38 bits per heavy atom. The third-order valence-electron chi connectivity index (χ3n) is 2.11. The summed E-state index contributed by atoms with van der Waals surface area (Å²) in [6.07, 6.45) is 1.59. The third kappa shape index (κ3) is 2.60. The molecule has 0 aromatic heterocycles. The van der Waals surface area contributed by atoms with E-state index < -0.39 is 0 Å². The molecule has 16 heavy (non-hydrogen) atoms. The smallest absolute Gasteiger partial charge is 0.124 e. The summed E-state index contributed by atoms with van der Waals surface area (Å²) in [5.41, 5.74) is 4.48. The molecule has 0 aliphatic carbocycles. The molecule has 0 radical (unpaired) electrons. The van der Waals surface area contributed by atoms with Crippen molar-refractivity contribution >= 4 is 11.9 Å². The summed E-state index contributed by atoms with van der Waals surface area (Å²) in [5, 5.41) is 13.5. The van der Waals surface area contributed by atoms with Crippen molar-refractivity contribution in [3.05, 3.63) is 60.2 Å². The van der Waals surface area contributed by atoms with Crippen molar-refractivity contribution in [2.45, 2.75) is 0 Å². The van der Waals surface area contributed by atoms with Crippen molar-refractivity contribution in [2.75, 3.05) is 5.43 Å². The van der Waals surface area contributed by atoms with Crippen molar-refractivity contribution < 1.29 is 5.11 Å². The molecular weight excluding hydrogens is 200 g/mol. The average Bonchev–Trinajstić information content (AvgIpc) is 2.33. The second-order valence-electron chi connectivity index (χ2n) is 3.29. The fourth-order valence-corrected chi connectivity index (χ4v) is 1.29. The molecular formula is C13H12N2O. The van der Waals surface area contributed by atoms with Gasteiger partial charge < -0.3 is 5.11 Å². The van der Waals surface area contributed by atoms with E-state index in [1.54, 1.807) is 24.4 Å². The maximum absolute atomic E-state index is 9.49. The maximum Gasteiger partial charge on any atom is 0.124 e. The van der Waals surface area contributed by atoms with Gasteiger partial charge in [0.25, 0.3) is 0 Å². The van der Waals surface area contributed by atoms with E-state index in [0.717, 1.165) is 5.69 Å². The number of hydrogen-bond acceptors (Lipinski definition) is 3. The lowest BCUT2D eigenvalue weighted by Gasteiger charge is -1.99. The van der Waals surface area contributed by atoms with E-state index in [0.29, 0.717) is 5.56 Å². The molecule has 0 aliphatic heterocycles. The van der Waals surface area contributed by atoms with Gasteiger partial charge in [0.05, 0.1) is 11.9 Å². The van der Waals surface area contributed by atoms with Crippen LogP contribution in [0.15, 0.2) is 59.7 Å². The maximum atomic E-state index is 9.49. The molecule has 0 saturated heterocycles. The molecule has 0 amide bonds. The number of anilines is 1. The Kier molecular flexibility index (Phi) is 3.18. The van der Waals surface area contributed by atoms with Gasteiger partial charge in [0, 0.05) is 5.56 Å². The number of aromatic hydroxyl groups is 1. The first-order valence-corrected chi connectivity index (χ1v) is 4.98. The van der Waals surface area contributed by atoms with Crippen LogP contribution in [0.5, 0.6) is 5.75 Å². The zero-order valence-corrected chi connectivity index (χ0v) is 8.67. The van der Waals surface area contributed by atoms with Crippen LogP contribution in [-0.2, 0) is 0 Å². The monoisotopic (exact) mass is 212 g/mol. The van der Waals surface area contributed by atoms with E-state index in [1.165, 1.54) is 0 Å². The lowest BCUT2D eigenvalue weighted by Crippen LogP contribution is -1.90. The fraction of sp³-hybridized carbons (Fsp3) is 0. The van der Waals surface area contributed by atoms with Gasteiger partial charge in [-0.25, -0.2) is 0 Å². The van der Waals surface area contributed by atoms with Gasteiger partial charge in [0.1, 0.15) is 5.75 Å². The van der Waals surface area contributed by atoms with Gasteiger partial charge in [-0.1, -0.05) is 30.3 Å². The van der Waals surface area contributed by atoms with E-state index in [-0.39, 0.29) is 5.75 Å². The Morgan fingerprint density at radius 1 is 0.938 bits per heavy atom. The second-order valence-corrected chi connectivity index (χ2v) is 3.29. The second kappa shape index (κ2) is 4.98. The Morgan fingerprint density at radius 2 is 1.62 bits per heavy atom. The molecule has 2 aromatic rings. The predicted octanol–water partition coefficient (Wildman–Crippen LogP) is 2.84. The summed E-state index contributed by atoms with van der Waals surface area (Å²) in [6.45, 7) is 0. The highest BCUT2D eigenvalue weighted by molar-refractivity contribution is 5.83. The van der Waals surface area contributed by atoms with Crippen LogP contribution in [0.25, 0.3) is 0 Å². The zero-order chi connectivity index (χ0) is 11.2. The highest BCUT2D eigenvalue weighted by Gasteiger charge is 1.94. The van der Waals surface area contributed by atoms with Gasteiger partial charge in [-0.15, -0.1) is 0 Å². The zero-order valence-electron chi connectivity index (χ0n) is 8.67. The molecule has 3 heteroatoms. The van der Waals surface area contributed by atoms with E-state index >= 15 is 0 Å². The molecule has 2 aromatic carbocycles. The summed E-state index contributed by atoms with van der Waals surface area (Å²) >= 11 is 0. The minimum absolute atomic E-state index is 0.223. The number of nitrogens with one attached hydrogen (secondary N) is 1. The van der Waals surface area contributed by atoms with Crippen LogP contribution >= 0.6 is 0 Å². The summed E-state index contributed by atoms with van der Waals surface area (Å²) in [7, 11) is 0. The van der Waals surface area contributed by atoms with Gasteiger partial charge >= 0.3 is 0 Å². The first kappa shape index (κ1) is 10.2. The molecule has 0 spiro atoms. The molecule has 0 heterocycles. The number of nitrogens with zero attached hydrogens (tertiary/aromatic N) is 1. The lowest BCUT2D eigenvalue weighted by molar-refractivity contribution is 0.474. The summed E-state index contributed by atoms with van der Waals surface area (Å²) < 4.78 is 0. The average molecular weight is 212 g/mol. The predicted molar refractivity (Wildman–Crippen MR) is 65.8 cm³/mol. The van der Waals surface area contributed by atoms with Crippen molar-refractivity contribution in [2.24, 2.45) is 5.10 Å². The molecule has 2 rings (SSSR count). The first-order valence-electron chi connectivity index (χ1n) is 4.98. The molecule has 2 N–H and O–H groups in total. The van der Waals surface area contributed by atoms with E-state index in [4.69, 9.17) is 0 Å². The van der Waals surface area contributed by atoms with Crippen molar-refractivity contribution in [3.63, 3.8) is 0 Å². The standard InChI is InChI=1S/C13H12N2O/c16-13-9-5-4-6-11(13)10-14-15-12-7-2-1-3-8-12/h1-10,15-16H/b14-10-. The van der Waals surface area contributed by atoms with Crippen LogP contribution in [0.4, 0.5) is 5.69 Å². The number of phenols is 1. The molecule has 0 saturated carbocycles. The molecule has 80 valence electrons. The number of benzene rings is 2. The van der Waals surface area contributed by atoms with Crippen LogP contribution in [-0.4, -0.2) is 11.3 Å². The van der Waals surface area contributed by atoms with Gasteiger partial charge in [0.15, 0.2) is 0 Å². The van der Waals surface area contributed by atoms with E-state index in [9.17, 15) is 5.11 Å². The quantitative estimate of drug-likeness (QED) is 0.607. The molecule has 0 unspecified atom stereocenters. The number of hydrogen-bond donors (Lipinski definition) is 2. The number of hydrazone groups is 1. The number of para-hydroxylation sites is 2. The van der Waals surface area contributed by atoms with E-state index in [1.807, 2.05) is 36.4 Å². The minimum Gasteiger partial charge on any atom is -0.507 e. The van der Waals surface area contributed by atoms with Crippen LogP contribution in [0.3, 0.4) is 0 Å². The minimum atomic E-state index is 0.223. The van der Waals surface area contributed by atoms with Crippen LogP contribution < -0.4 is 5.43 Å². The SMILES string of the molecule is Oc1ccccc1/C=N\Nc1ccccc1. The molecule has 0 aliphatic rings. The van der Waals surface area contributed by atoms with Gasteiger partial charge in [-0.3, -0.25) is 5.43 Å². The van der Waals surface area contributed by atoms with Crippen molar-refractivity contribution in [1.82, 2.24) is 0 Å². The summed E-state index contributed by atoms with van der Waals surface area (Å²) in [4.78, 5) is 0. The topological polar surface area (TPSA) is 44.6 Å². The van der Waals surface area contributed by atoms with Crippen molar-refractivity contribution in [3.8, 4) is 5.75 Å². The first-order chi connectivity index (χ1) is 7.86. The van der Waals surface area contributed by atoms with Gasteiger partial charge in [-0.2, -0.15) is 5.10 Å². The number of phenolic OH excluding ortho intramolecular Hbond substituents is 1. The summed E-state index contributed by atoms with van der Waals surface area (Å²) in [6, 6.07) is 16.7. The fourth-order valence-electron chi connectivity index (χ4n) is 1.29. The Hall–Kier alpha value is -2.29. The Labute approximate surface area is 94.1 Å². The third-order valence-corrected chi connectivity index (χ3v) is 2.11. The normalized spacial score (nSPS) is 10.5. The van der Waals surface area contributed by atoms with E-state index in [2.05, 4.69) is 10.5 Å². The van der Waals surface area contributed by atoms with Crippen LogP contribution in [0.1, 0.15) is 5.56 Å². The largest absolute Gasteiger partial charge is 0.507 e. The Bertz CT molecular complexity index is 480. The van der Waals surface area contributed by atoms with Crippen LogP contribution in [0.2, 0.25) is 0 Å². The van der Waals surface area contributed by atoms with Gasteiger partial charge in [0.2, 0.25) is 0 Å². The molecule has 0 fully saturated rings. The lowest BCUT2D eigenvalue weighted by atomic mass is 10.2. The van der Waals surface area contributed by atoms with Gasteiger partial charge in [-0.05, 0) is 24.3 Å².